The molecule has 0 aromatic heterocycles. The van der Waals surface area contributed by atoms with Crippen LogP contribution in [-0.2, 0) is 24.3 Å². The van der Waals surface area contributed by atoms with Crippen molar-refractivity contribution in [2.75, 3.05) is 33.3 Å². The number of amides is 1. The Kier molecular flexibility index (Phi) is 7.89. The van der Waals surface area contributed by atoms with E-state index in [0.717, 1.165) is 0 Å². The minimum Gasteiger partial charge on any atom is -0.468 e. The molecule has 1 N–H and O–H groups in total. The van der Waals surface area contributed by atoms with Crippen LogP contribution in [-0.4, -0.2) is 69.4 Å². The summed E-state index contributed by atoms with van der Waals surface area (Å²) in [5.41, 5.74) is 0.643. The minimum atomic E-state index is -3.81. The fourth-order valence-electron chi connectivity index (χ4n) is 3.71. The molecule has 0 radical (unpaired) electrons. The first kappa shape index (κ1) is 24.2. The Morgan fingerprint density at radius 1 is 1.00 bits per heavy atom. The van der Waals surface area contributed by atoms with Crippen molar-refractivity contribution >= 4 is 33.5 Å². The van der Waals surface area contributed by atoms with Gasteiger partial charge in [-0.05, 0) is 30.7 Å². The molecule has 172 valence electrons. The Morgan fingerprint density at radius 2 is 1.59 bits per heavy atom. The number of piperazine rings is 1. The normalized spacial score (nSPS) is 16.9. The van der Waals surface area contributed by atoms with Gasteiger partial charge in [0.1, 0.15) is 6.04 Å². The summed E-state index contributed by atoms with van der Waals surface area (Å²) in [7, 11) is -2.48. The number of carbonyl (C=O) groups excluding carboxylic acids is 2. The maximum atomic E-state index is 12.9. The van der Waals surface area contributed by atoms with Crippen molar-refractivity contribution in [1.29, 1.82) is 0 Å². The zero-order valence-corrected chi connectivity index (χ0v) is 19.5. The van der Waals surface area contributed by atoms with Crippen LogP contribution in [0.1, 0.15) is 18.5 Å². The van der Waals surface area contributed by atoms with E-state index in [1.165, 1.54) is 26.2 Å². The molecule has 1 fully saturated rings. The summed E-state index contributed by atoms with van der Waals surface area (Å²) in [5, 5.41) is 0.463. The molecule has 1 aliphatic heterocycles. The quantitative estimate of drug-likeness (QED) is 0.611. The standard InChI is InChI=1S/C22H26ClN3O5S/c1-16(24-32(29,30)17-8-4-3-5-9-17)21(27)26-14-12-25(13-15-26)20(22(28)31-2)18-10-6-7-11-19(18)23/h3-11,16,20,24H,12-15H2,1-2H3/t16-,20?/m0/s1. The smallest absolute Gasteiger partial charge is 0.327 e. The Balaban J connectivity index is 1.65. The van der Waals surface area contributed by atoms with Gasteiger partial charge in [0.15, 0.2) is 0 Å². The highest BCUT2D eigenvalue weighted by Crippen LogP contribution is 2.29. The first-order valence-electron chi connectivity index (χ1n) is 10.2. The monoisotopic (exact) mass is 479 g/mol. The Morgan fingerprint density at radius 3 is 2.19 bits per heavy atom. The highest BCUT2D eigenvalue weighted by Gasteiger charge is 2.35. The summed E-state index contributed by atoms with van der Waals surface area (Å²) >= 11 is 6.31. The maximum absolute atomic E-state index is 12.9. The van der Waals surface area contributed by atoms with E-state index in [-0.39, 0.29) is 10.8 Å². The average Bonchev–Trinajstić information content (AvgIpc) is 2.80. The number of carbonyl (C=O) groups is 2. The highest BCUT2D eigenvalue weighted by atomic mass is 35.5. The molecule has 2 aromatic rings. The molecule has 1 saturated heterocycles. The zero-order chi connectivity index (χ0) is 23.3. The van der Waals surface area contributed by atoms with Gasteiger partial charge in [-0.2, -0.15) is 4.72 Å². The first-order chi connectivity index (χ1) is 15.2. The number of nitrogens with one attached hydrogen (secondary N) is 1. The molecule has 10 heteroatoms. The topological polar surface area (TPSA) is 96.0 Å². The number of nitrogens with zero attached hydrogens (tertiary/aromatic N) is 2. The van der Waals surface area contributed by atoms with Crippen molar-refractivity contribution < 1.29 is 22.7 Å². The van der Waals surface area contributed by atoms with Gasteiger partial charge in [0.05, 0.1) is 18.0 Å². The molecule has 1 unspecified atom stereocenters. The molecule has 1 heterocycles. The van der Waals surface area contributed by atoms with Crippen molar-refractivity contribution in [3.05, 3.63) is 65.2 Å². The lowest BCUT2D eigenvalue weighted by atomic mass is 10.0. The molecule has 0 saturated carbocycles. The van der Waals surface area contributed by atoms with Crippen LogP contribution in [0.2, 0.25) is 5.02 Å². The third-order valence-electron chi connectivity index (χ3n) is 5.37. The summed E-state index contributed by atoms with van der Waals surface area (Å²) in [6, 6.07) is 13.4. The molecule has 3 rings (SSSR count). The molecule has 2 aromatic carbocycles. The number of esters is 1. The minimum absolute atomic E-state index is 0.102. The van der Waals surface area contributed by atoms with Crippen molar-refractivity contribution in [1.82, 2.24) is 14.5 Å². The molecular weight excluding hydrogens is 454 g/mol. The number of hydrogen-bond acceptors (Lipinski definition) is 6. The van der Waals surface area contributed by atoms with Crippen LogP contribution in [0.25, 0.3) is 0 Å². The summed E-state index contributed by atoms with van der Waals surface area (Å²) in [6.07, 6.45) is 0. The van der Waals surface area contributed by atoms with Gasteiger partial charge in [-0.15, -0.1) is 0 Å². The third-order valence-corrected chi connectivity index (χ3v) is 7.27. The summed E-state index contributed by atoms with van der Waals surface area (Å²) in [6.45, 7) is 3.03. The lowest BCUT2D eigenvalue weighted by Crippen LogP contribution is -2.55. The predicted molar refractivity (Wildman–Crippen MR) is 121 cm³/mol. The fraction of sp³-hybridized carbons (Fsp3) is 0.364. The van der Waals surface area contributed by atoms with Crippen LogP contribution in [0.3, 0.4) is 0 Å². The van der Waals surface area contributed by atoms with Crippen molar-refractivity contribution in [2.24, 2.45) is 0 Å². The Bertz CT molecular complexity index is 1060. The SMILES string of the molecule is COC(=O)C(c1ccccc1Cl)N1CCN(C(=O)[C@H](C)NS(=O)(=O)c2ccccc2)CC1. The lowest BCUT2D eigenvalue weighted by molar-refractivity contribution is -0.148. The van der Waals surface area contributed by atoms with Gasteiger partial charge >= 0.3 is 5.97 Å². The van der Waals surface area contributed by atoms with Gasteiger partial charge in [0.25, 0.3) is 0 Å². The first-order valence-corrected chi connectivity index (χ1v) is 12.0. The van der Waals surface area contributed by atoms with Gasteiger partial charge in [0, 0.05) is 31.2 Å². The highest BCUT2D eigenvalue weighted by molar-refractivity contribution is 7.89. The zero-order valence-electron chi connectivity index (χ0n) is 17.9. The largest absolute Gasteiger partial charge is 0.468 e. The van der Waals surface area contributed by atoms with Crippen LogP contribution in [0, 0.1) is 0 Å². The van der Waals surface area contributed by atoms with E-state index in [0.29, 0.717) is 36.8 Å². The lowest BCUT2D eigenvalue weighted by Gasteiger charge is -2.39. The number of sulfonamides is 1. The van der Waals surface area contributed by atoms with Crippen LogP contribution >= 0.6 is 11.6 Å². The van der Waals surface area contributed by atoms with Crippen LogP contribution in [0.4, 0.5) is 0 Å². The Labute approximate surface area is 193 Å². The molecule has 0 aliphatic carbocycles. The Hall–Kier alpha value is -2.46. The number of benzene rings is 2. The van der Waals surface area contributed by atoms with Gasteiger partial charge in [-0.3, -0.25) is 9.69 Å². The summed E-state index contributed by atoms with van der Waals surface area (Å²) in [4.78, 5) is 29.0. The fourth-order valence-corrected chi connectivity index (χ4v) is 5.16. The molecule has 1 aliphatic rings. The summed E-state index contributed by atoms with van der Waals surface area (Å²) < 4.78 is 32.5. The van der Waals surface area contributed by atoms with E-state index in [4.69, 9.17) is 16.3 Å². The molecule has 8 nitrogen and oxygen atoms in total. The number of methoxy groups -OCH3 is 1. The predicted octanol–water partition coefficient (Wildman–Crippen LogP) is 2.07. The van der Waals surface area contributed by atoms with E-state index in [9.17, 15) is 18.0 Å². The number of ether oxygens (including phenoxy) is 1. The molecular formula is C22H26ClN3O5S. The van der Waals surface area contributed by atoms with Gasteiger partial charge in [-0.25, -0.2) is 13.2 Å². The second-order valence-corrected chi connectivity index (χ2v) is 9.59. The molecule has 0 spiro atoms. The molecule has 1 amide bonds. The van der Waals surface area contributed by atoms with E-state index < -0.39 is 28.1 Å². The van der Waals surface area contributed by atoms with Gasteiger partial charge in [0.2, 0.25) is 15.9 Å². The second kappa shape index (κ2) is 10.4. The molecule has 32 heavy (non-hydrogen) atoms. The summed E-state index contributed by atoms with van der Waals surface area (Å²) in [5.74, 6) is -0.751. The van der Waals surface area contributed by atoms with Gasteiger partial charge < -0.3 is 9.64 Å². The van der Waals surface area contributed by atoms with Crippen LogP contribution < -0.4 is 4.72 Å². The third kappa shape index (κ3) is 5.47. The maximum Gasteiger partial charge on any atom is 0.327 e. The van der Waals surface area contributed by atoms with Crippen molar-refractivity contribution in [2.45, 2.75) is 23.9 Å². The number of halogens is 1. The molecule has 0 bridgehead atoms. The van der Waals surface area contributed by atoms with Crippen molar-refractivity contribution in [3.63, 3.8) is 0 Å². The van der Waals surface area contributed by atoms with E-state index in [2.05, 4.69) is 4.72 Å². The van der Waals surface area contributed by atoms with Gasteiger partial charge in [-0.1, -0.05) is 48.0 Å². The number of hydrogen-bond donors (Lipinski definition) is 1. The van der Waals surface area contributed by atoms with Crippen LogP contribution in [0.5, 0.6) is 0 Å². The average molecular weight is 480 g/mol. The van der Waals surface area contributed by atoms with Crippen LogP contribution in [0.15, 0.2) is 59.5 Å². The van der Waals surface area contributed by atoms with E-state index in [1.807, 2.05) is 4.90 Å². The van der Waals surface area contributed by atoms with Crippen molar-refractivity contribution in [3.8, 4) is 0 Å². The van der Waals surface area contributed by atoms with E-state index in [1.54, 1.807) is 47.4 Å². The molecule has 2 atom stereocenters. The number of rotatable bonds is 7. The second-order valence-electron chi connectivity index (χ2n) is 7.46. The van der Waals surface area contributed by atoms with E-state index >= 15 is 0 Å².